The molecule has 2 atom stereocenters. The maximum atomic E-state index is 12.1. The molecule has 1 amide bonds. The summed E-state index contributed by atoms with van der Waals surface area (Å²) in [6.45, 7) is 2.59. The van der Waals surface area contributed by atoms with E-state index in [1.54, 1.807) is 12.4 Å². The number of rotatable bonds is 3. The second-order valence-corrected chi connectivity index (χ2v) is 5.11. The minimum Gasteiger partial charge on any atom is -0.349 e. The first kappa shape index (κ1) is 13.0. The molecule has 0 aliphatic heterocycles. The average Bonchev–Trinajstić information content (AvgIpc) is 2.39. The van der Waals surface area contributed by atoms with E-state index in [2.05, 4.69) is 10.3 Å². The fraction of sp³-hybridized carbons (Fsp3) is 0.571. The normalized spacial score (nSPS) is 23.7. The molecule has 0 bridgehead atoms. The second kappa shape index (κ2) is 5.96. The summed E-state index contributed by atoms with van der Waals surface area (Å²) in [5, 5.41) is 3.10. The Labute approximate surface area is 108 Å². The van der Waals surface area contributed by atoms with E-state index in [9.17, 15) is 4.79 Å². The Balaban J connectivity index is 2.02. The van der Waals surface area contributed by atoms with Crippen LogP contribution in [0.25, 0.3) is 0 Å². The van der Waals surface area contributed by atoms with Crippen LogP contribution in [0.4, 0.5) is 0 Å². The predicted octanol–water partition coefficient (Wildman–Crippen LogP) is 1.64. The van der Waals surface area contributed by atoms with Gasteiger partial charge in [0.1, 0.15) is 0 Å². The molecule has 2 unspecified atom stereocenters. The molecule has 2 rings (SSSR count). The number of aryl methyl sites for hydroxylation is 1. The number of hydrogen-bond acceptors (Lipinski definition) is 3. The molecule has 98 valence electrons. The lowest BCUT2D eigenvalue weighted by molar-refractivity contribution is 0.0907. The third-order valence-electron chi connectivity index (χ3n) is 3.67. The van der Waals surface area contributed by atoms with E-state index >= 15 is 0 Å². The molecule has 1 saturated carbocycles. The van der Waals surface area contributed by atoms with Crippen LogP contribution in [0, 0.1) is 12.8 Å². The number of pyridine rings is 1. The summed E-state index contributed by atoms with van der Waals surface area (Å²) >= 11 is 0. The highest BCUT2D eigenvalue weighted by Crippen LogP contribution is 2.23. The van der Waals surface area contributed by atoms with Crippen LogP contribution in [0.1, 0.15) is 41.6 Å². The first-order valence-corrected chi connectivity index (χ1v) is 6.63. The van der Waals surface area contributed by atoms with Crippen LogP contribution < -0.4 is 11.1 Å². The van der Waals surface area contributed by atoms with E-state index in [1.807, 2.05) is 13.0 Å². The van der Waals surface area contributed by atoms with Gasteiger partial charge >= 0.3 is 0 Å². The van der Waals surface area contributed by atoms with Crippen molar-refractivity contribution >= 4 is 5.91 Å². The first-order chi connectivity index (χ1) is 8.70. The molecule has 0 aromatic carbocycles. The molecular weight excluding hydrogens is 226 g/mol. The third kappa shape index (κ3) is 3.07. The zero-order valence-corrected chi connectivity index (χ0v) is 10.9. The van der Waals surface area contributed by atoms with Gasteiger partial charge in [-0.05, 0) is 43.9 Å². The van der Waals surface area contributed by atoms with Gasteiger partial charge in [-0.1, -0.05) is 12.8 Å². The lowest BCUT2D eigenvalue weighted by atomic mass is 9.84. The number of carbonyl (C=O) groups excluding carboxylic acids is 1. The van der Waals surface area contributed by atoms with Crippen molar-refractivity contribution in [2.45, 2.75) is 38.6 Å². The van der Waals surface area contributed by atoms with Crippen molar-refractivity contribution in [3.8, 4) is 0 Å². The number of nitrogens with zero attached hydrogens (tertiary/aromatic N) is 1. The average molecular weight is 247 g/mol. The third-order valence-corrected chi connectivity index (χ3v) is 3.67. The molecule has 1 aliphatic rings. The van der Waals surface area contributed by atoms with E-state index < -0.39 is 0 Å². The van der Waals surface area contributed by atoms with Crippen molar-refractivity contribution in [1.29, 1.82) is 0 Å². The Morgan fingerprint density at radius 3 is 2.94 bits per heavy atom. The summed E-state index contributed by atoms with van der Waals surface area (Å²) in [7, 11) is 0. The summed E-state index contributed by atoms with van der Waals surface area (Å²) in [5.41, 5.74) is 7.41. The van der Waals surface area contributed by atoms with E-state index in [0.717, 1.165) is 18.4 Å². The van der Waals surface area contributed by atoms with E-state index in [-0.39, 0.29) is 11.9 Å². The van der Waals surface area contributed by atoms with Gasteiger partial charge in [0.15, 0.2) is 0 Å². The van der Waals surface area contributed by atoms with E-state index in [0.29, 0.717) is 18.0 Å². The standard InChI is InChI=1S/C14H21N3O/c1-10-6-12(9-16-8-10)14(18)17-13-5-3-2-4-11(13)7-15/h6,8-9,11,13H,2-5,7,15H2,1H3,(H,17,18). The lowest BCUT2D eigenvalue weighted by Gasteiger charge is -2.31. The smallest absolute Gasteiger partial charge is 0.253 e. The van der Waals surface area contributed by atoms with Crippen molar-refractivity contribution in [3.05, 3.63) is 29.6 Å². The van der Waals surface area contributed by atoms with Crippen LogP contribution in [0.2, 0.25) is 0 Å². The maximum absolute atomic E-state index is 12.1. The Hall–Kier alpha value is -1.42. The van der Waals surface area contributed by atoms with Gasteiger partial charge in [-0.3, -0.25) is 9.78 Å². The highest BCUT2D eigenvalue weighted by Gasteiger charge is 2.25. The molecule has 1 aliphatic carbocycles. The SMILES string of the molecule is Cc1cncc(C(=O)NC2CCCCC2CN)c1. The topological polar surface area (TPSA) is 68.0 Å². The number of aromatic nitrogens is 1. The minimum atomic E-state index is -0.0310. The Kier molecular flexibility index (Phi) is 4.31. The van der Waals surface area contributed by atoms with Crippen LogP contribution in [0.15, 0.2) is 18.5 Å². The fourth-order valence-electron chi connectivity index (χ4n) is 2.61. The molecule has 4 nitrogen and oxygen atoms in total. The molecule has 0 spiro atoms. The molecular formula is C14H21N3O. The van der Waals surface area contributed by atoms with Gasteiger partial charge in [0.2, 0.25) is 0 Å². The van der Waals surface area contributed by atoms with Gasteiger partial charge in [-0.2, -0.15) is 0 Å². The summed E-state index contributed by atoms with van der Waals surface area (Å²) in [5.74, 6) is 0.386. The first-order valence-electron chi connectivity index (χ1n) is 6.63. The van der Waals surface area contributed by atoms with E-state index in [4.69, 9.17) is 5.73 Å². The van der Waals surface area contributed by atoms with Crippen LogP contribution in [0.5, 0.6) is 0 Å². The molecule has 0 radical (unpaired) electrons. The van der Waals surface area contributed by atoms with E-state index in [1.165, 1.54) is 12.8 Å². The number of nitrogens with two attached hydrogens (primary N) is 1. The largest absolute Gasteiger partial charge is 0.349 e. The summed E-state index contributed by atoms with van der Waals surface area (Å²) < 4.78 is 0. The summed E-state index contributed by atoms with van der Waals surface area (Å²) in [6, 6.07) is 2.08. The summed E-state index contributed by atoms with van der Waals surface area (Å²) in [4.78, 5) is 16.2. The molecule has 1 aromatic rings. The molecule has 1 heterocycles. The fourth-order valence-corrected chi connectivity index (χ4v) is 2.61. The molecule has 18 heavy (non-hydrogen) atoms. The van der Waals surface area contributed by atoms with Gasteiger partial charge in [-0.25, -0.2) is 0 Å². The van der Waals surface area contributed by atoms with Gasteiger partial charge < -0.3 is 11.1 Å². The number of hydrogen-bond donors (Lipinski definition) is 2. The molecule has 3 N–H and O–H groups in total. The van der Waals surface area contributed by atoms with Gasteiger partial charge in [0.25, 0.3) is 5.91 Å². The number of carbonyl (C=O) groups is 1. The molecule has 1 fully saturated rings. The minimum absolute atomic E-state index is 0.0310. The molecule has 4 heteroatoms. The zero-order chi connectivity index (χ0) is 13.0. The highest BCUT2D eigenvalue weighted by atomic mass is 16.1. The van der Waals surface area contributed by atoms with Crippen LogP contribution in [-0.2, 0) is 0 Å². The van der Waals surface area contributed by atoms with Crippen molar-refractivity contribution in [2.24, 2.45) is 11.7 Å². The van der Waals surface area contributed by atoms with Crippen LogP contribution >= 0.6 is 0 Å². The van der Waals surface area contributed by atoms with Gasteiger partial charge in [0.05, 0.1) is 5.56 Å². The Morgan fingerprint density at radius 2 is 2.22 bits per heavy atom. The Morgan fingerprint density at radius 1 is 1.44 bits per heavy atom. The highest BCUT2D eigenvalue weighted by molar-refractivity contribution is 5.94. The maximum Gasteiger partial charge on any atom is 0.253 e. The zero-order valence-electron chi connectivity index (χ0n) is 10.9. The number of amides is 1. The molecule has 1 aromatic heterocycles. The quantitative estimate of drug-likeness (QED) is 0.853. The van der Waals surface area contributed by atoms with Crippen LogP contribution in [0.3, 0.4) is 0 Å². The summed E-state index contributed by atoms with van der Waals surface area (Å²) in [6.07, 6.45) is 7.91. The van der Waals surface area contributed by atoms with Crippen LogP contribution in [-0.4, -0.2) is 23.5 Å². The van der Waals surface area contributed by atoms with Gasteiger partial charge in [-0.15, -0.1) is 0 Å². The Bertz CT molecular complexity index is 419. The van der Waals surface area contributed by atoms with Crippen molar-refractivity contribution in [2.75, 3.05) is 6.54 Å². The van der Waals surface area contributed by atoms with Crippen molar-refractivity contribution in [3.63, 3.8) is 0 Å². The molecule has 0 saturated heterocycles. The van der Waals surface area contributed by atoms with Gasteiger partial charge in [0, 0.05) is 18.4 Å². The van der Waals surface area contributed by atoms with Crippen molar-refractivity contribution in [1.82, 2.24) is 10.3 Å². The predicted molar refractivity (Wildman–Crippen MR) is 71.2 cm³/mol. The van der Waals surface area contributed by atoms with Crippen molar-refractivity contribution < 1.29 is 4.79 Å². The second-order valence-electron chi connectivity index (χ2n) is 5.11. The lowest BCUT2D eigenvalue weighted by Crippen LogP contribution is -2.44. The number of nitrogens with one attached hydrogen (secondary N) is 1. The monoisotopic (exact) mass is 247 g/mol.